The molecule has 0 aromatic heterocycles. The maximum absolute atomic E-state index is 13.3. The number of anilines is 1. The molecular weight excluding hydrogens is 231 g/mol. The van der Waals surface area contributed by atoms with Crippen LogP contribution >= 0.6 is 0 Å². The highest BCUT2D eigenvalue weighted by molar-refractivity contribution is 5.54. The fourth-order valence-corrected chi connectivity index (χ4v) is 2.66. The van der Waals surface area contributed by atoms with E-state index < -0.39 is 0 Å². The van der Waals surface area contributed by atoms with Crippen molar-refractivity contribution in [3.05, 3.63) is 29.6 Å². The molecule has 0 spiro atoms. The van der Waals surface area contributed by atoms with Gasteiger partial charge in [-0.25, -0.2) is 4.39 Å². The zero-order valence-electron chi connectivity index (χ0n) is 11.0. The first-order valence-electron chi connectivity index (χ1n) is 6.46. The monoisotopic (exact) mass is 252 g/mol. The van der Waals surface area contributed by atoms with Gasteiger partial charge in [-0.3, -0.25) is 0 Å². The van der Waals surface area contributed by atoms with Gasteiger partial charge in [0.25, 0.3) is 0 Å². The summed E-state index contributed by atoms with van der Waals surface area (Å²) in [5, 5.41) is 0. The summed E-state index contributed by atoms with van der Waals surface area (Å²) in [4.78, 5) is 2.20. The summed E-state index contributed by atoms with van der Waals surface area (Å²) in [7, 11) is 2.04. The fourth-order valence-electron chi connectivity index (χ4n) is 2.66. The van der Waals surface area contributed by atoms with Gasteiger partial charge < -0.3 is 15.4 Å². The summed E-state index contributed by atoms with van der Waals surface area (Å²) in [6.07, 6.45) is 1.92. The maximum atomic E-state index is 13.3. The Balaban J connectivity index is 2.25. The molecule has 1 saturated heterocycles. The Labute approximate surface area is 108 Å². The smallest absolute Gasteiger partial charge is 0.123 e. The predicted octanol–water partition coefficient (Wildman–Crippen LogP) is 1.94. The summed E-state index contributed by atoms with van der Waals surface area (Å²) in [6, 6.07) is 5.28. The van der Waals surface area contributed by atoms with Crippen LogP contribution in [0.25, 0.3) is 0 Å². The Morgan fingerprint density at radius 1 is 1.50 bits per heavy atom. The maximum Gasteiger partial charge on any atom is 0.123 e. The molecule has 18 heavy (non-hydrogen) atoms. The Morgan fingerprint density at radius 3 is 2.89 bits per heavy atom. The van der Waals surface area contributed by atoms with Gasteiger partial charge in [0.15, 0.2) is 0 Å². The van der Waals surface area contributed by atoms with Crippen molar-refractivity contribution in [2.24, 2.45) is 5.73 Å². The summed E-state index contributed by atoms with van der Waals surface area (Å²) in [6.45, 7) is 3.41. The van der Waals surface area contributed by atoms with Crippen LogP contribution in [0.3, 0.4) is 0 Å². The molecule has 1 heterocycles. The van der Waals surface area contributed by atoms with Crippen molar-refractivity contribution in [2.75, 3.05) is 25.1 Å². The van der Waals surface area contributed by atoms with Crippen molar-refractivity contribution in [2.45, 2.75) is 31.9 Å². The minimum absolute atomic E-state index is 0.202. The van der Waals surface area contributed by atoms with Crippen LogP contribution in [0.15, 0.2) is 18.2 Å². The quantitative estimate of drug-likeness (QED) is 0.890. The van der Waals surface area contributed by atoms with Crippen molar-refractivity contribution in [1.29, 1.82) is 0 Å². The van der Waals surface area contributed by atoms with Crippen molar-refractivity contribution < 1.29 is 9.13 Å². The Bertz CT molecular complexity index is 411. The van der Waals surface area contributed by atoms with E-state index in [0.29, 0.717) is 19.0 Å². The summed E-state index contributed by atoms with van der Waals surface area (Å²) < 4.78 is 18.9. The SMILES string of the molecule is CC1OCCC1N(C)c1ccc(F)cc1CCN. The molecule has 3 nitrogen and oxygen atoms in total. The largest absolute Gasteiger partial charge is 0.376 e. The molecular formula is C14H21FN2O. The topological polar surface area (TPSA) is 38.5 Å². The predicted molar refractivity (Wildman–Crippen MR) is 71.4 cm³/mol. The lowest BCUT2D eigenvalue weighted by atomic mass is 10.0. The van der Waals surface area contributed by atoms with Crippen LogP contribution < -0.4 is 10.6 Å². The van der Waals surface area contributed by atoms with Gasteiger partial charge in [0.2, 0.25) is 0 Å². The first kappa shape index (κ1) is 13.3. The van der Waals surface area contributed by atoms with Crippen molar-refractivity contribution in [3.8, 4) is 0 Å². The number of halogens is 1. The van der Waals surface area contributed by atoms with Gasteiger partial charge in [-0.1, -0.05) is 0 Å². The van der Waals surface area contributed by atoms with E-state index in [1.165, 1.54) is 6.07 Å². The molecule has 2 atom stereocenters. The highest BCUT2D eigenvalue weighted by Crippen LogP contribution is 2.28. The molecule has 0 radical (unpaired) electrons. The van der Waals surface area contributed by atoms with Gasteiger partial charge in [0, 0.05) is 19.3 Å². The summed E-state index contributed by atoms with van der Waals surface area (Å²) in [5.41, 5.74) is 7.63. The molecule has 0 amide bonds. The average molecular weight is 252 g/mol. The minimum Gasteiger partial charge on any atom is -0.376 e. The molecule has 1 fully saturated rings. The molecule has 100 valence electrons. The molecule has 0 bridgehead atoms. The standard InChI is InChI=1S/C14H21FN2O/c1-10-13(6-8-18-10)17(2)14-4-3-12(15)9-11(14)5-7-16/h3-4,9-10,13H,5-8,16H2,1-2H3. The normalized spacial score (nSPS) is 23.3. The van der Waals surface area contributed by atoms with Gasteiger partial charge in [0.05, 0.1) is 12.1 Å². The first-order chi connectivity index (χ1) is 8.63. The van der Waals surface area contributed by atoms with Crippen LogP contribution in [0.2, 0.25) is 0 Å². The third-order valence-electron chi connectivity index (χ3n) is 3.67. The van der Waals surface area contributed by atoms with E-state index in [2.05, 4.69) is 11.8 Å². The lowest BCUT2D eigenvalue weighted by Crippen LogP contribution is -2.37. The van der Waals surface area contributed by atoms with Gasteiger partial charge in [-0.2, -0.15) is 0 Å². The molecule has 0 saturated carbocycles. The van der Waals surface area contributed by atoms with E-state index in [9.17, 15) is 4.39 Å². The second kappa shape index (κ2) is 5.67. The number of nitrogens with zero attached hydrogens (tertiary/aromatic N) is 1. The molecule has 1 aromatic carbocycles. The number of nitrogens with two attached hydrogens (primary N) is 1. The number of benzene rings is 1. The first-order valence-corrected chi connectivity index (χ1v) is 6.46. The molecule has 4 heteroatoms. The van der Waals surface area contributed by atoms with Crippen LogP contribution in [-0.2, 0) is 11.2 Å². The molecule has 2 N–H and O–H groups in total. The summed E-state index contributed by atoms with van der Waals surface area (Å²) >= 11 is 0. The van der Waals surface area contributed by atoms with E-state index in [0.717, 1.165) is 24.3 Å². The highest BCUT2D eigenvalue weighted by Gasteiger charge is 2.28. The number of likely N-dealkylation sites (N-methyl/N-ethyl adjacent to an activating group) is 1. The van der Waals surface area contributed by atoms with E-state index in [-0.39, 0.29) is 11.9 Å². The van der Waals surface area contributed by atoms with Crippen molar-refractivity contribution >= 4 is 5.69 Å². The van der Waals surface area contributed by atoms with Crippen LogP contribution in [0, 0.1) is 5.82 Å². The highest BCUT2D eigenvalue weighted by atomic mass is 19.1. The second-order valence-corrected chi connectivity index (χ2v) is 4.85. The fraction of sp³-hybridized carbons (Fsp3) is 0.571. The molecule has 2 rings (SSSR count). The molecule has 2 unspecified atom stereocenters. The molecule has 1 aromatic rings. The molecule has 1 aliphatic heterocycles. The second-order valence-electron chi connectivity index (χ2n) is 4.85. The van der Waals surface area contributed by atoms with Crippen molar-refractivity contribution in [3.63, 3.8) is 0 Å². The zero-order chi connectivity index (χ0) is 13.1. The van der Waals surface area contributed by atoms with E-state index in [4.69, 9.17) is 10.5 Å². The van der Waals surface area contributed by atoms with Crippen molar-refractivity contribution in [1.82, 2.24) is 0 Å². The third kappa shape index (κ3) is 2.65. The lowest BCUT2D eigenvalue weighted by Gasteiger charge is -2.30. The van der Waals surface area contributed by atoms with Crippen LogP contribution in [-0.4, -0.2) is 32.3 Å². The minimum atomic E-state index is -0.202. The molecule has 1 aliphatic rings. The number of ether oxygens (including phenoxy) is 1. The van der Waals surface area contributed by atoms with Crippen LogP contribution in [0.1, 0.15) is 18.9 Å². The third-order valence-corrected chi connectivity index (χ3v) is 3.67. The Morgan fingerprint density at radius 2 is 2.28 bits per heavy atom. The Hall–Kier alpha value is -1.13. The van der Waals surface area contributed by atoms with Crippen LogP contribution in [0.5, 0.6) is 0 Å². The summed E-state index contributed by atoms with van der Waals surface area (Å²) in [5.74, 6) is -0.202. The number of hydrogen-bond acceptors (Lipinski definition) is 3. The van der Waals surface area contributed by atoms with E-state index in [1.807, 2.05) is 13.1 Å². The van der Waals surface area contributed by atoms with Gasteiger partial charge in [0.1, 0.15) is 5.82 Å². The van der Waals surface area contributed by atoms with E-state index in [1.54, 1.807) is 6.07 Å². The Kier molecular flexibility index (Phi) is 4.19. The number of hydrogen-bond donors (Lipinski definition) is 1. The van der Waals surface area contributed by atoms with E-state index >= 15 is 0 Å². The van der Waals surface area contributed by atoms with Crippen LogP contribution in [0.4, 0.5) is 10.1 Å². The number of rotatable bonds is 4. The molecule has 0 aliphatic carbocycles. The van der Waals surface area contributed by atoms with Gasteiger partial charge >= 0.3 is 0 Å². The average Bonchev–Trinajstić information content (AvgIpc) is 2.75. The zero-order valence-corrected chi connectivity index (χ0v) is 11.0. The van der Waals surface area contributed by atoms with Gasteiger partial charge in [-0.15, -0.1) is 0 Å². The van der Waals surface area contributed by atoms with Gasteiger partial charge in [-0.05, 0) is 50.1 Å². The lowest BCUT2D eigenvalue weighted by molar-refractivity contribution is 0.118.